The van der Waals surface area contributed by atoms with Crippen molar-refractivity contribution in [3.05, 3.63) is 0 Å². The minimum Gasteiger partial charge on any atom is -0.374 e. The van der Waals surface area contributed by atoms with Crippen LogP contribution in [0.3, 0.4) is 0 Å². The van der Waals surface area contributed by atoms with Gasteiger partial charge >= 0.3 is 0 Å². The van der Waals surface area contributed by atoms with Crippen LogP contribution in [0.2, 0.25) is 5.82 Å². The molecule has 0 bridgehead atoms. The van der Waals surface area contributed by atoms with Gasteiger partial charge in [0.1, 0.15) is 0 Å². The van der Waals surface area contributed by atoms with Gasteiger partial charge in [0.15, 0.2) is 0 Å². The highest BCUT2D eigenvalue weighted by Crippen LogP contribution is 2.23. The molecular formula is C9H19BN. The molecular weight excluding hydrogens is 133 g/mol. The van der Waals surface area contributed by atoms with E-state index in [-0.39, 0.29) is 0 Å². The second-order valence-corrected chi connectivity index (χ2v) is 3.65. The molecule has 0 spiro atoms. The Kier molecular flexibility index (Phi) is 4.68. The lowest BCUT2D eigenvalue weighted by Crippen LogP contribution is -2.13. The van der Waals surface area contributed by atoms with E-state index in [1.54, 1.807) is 0 Å². The summed E-state index contributed by atoms with van der Waals surface area (Å²) in [5.74, 6) is 0.716. The summed E-state index contributed by atoms with van der Waals surface area (Å²) in [6.07, 6.45) is 11.2. The van der Waals surface area contributed by atoms with E-state index in [1.807, 2.05) is 7.41 Å². The Bertz CT molecular complexity index is 85.6. The van der Waals surface area contributed by atoms with Gasteiger partial charge in [0.2, 0.25) is 7.41 Å². The molecule has 0 aromatic heterocycles. The van der Waals surface area contributed by atoms with E-state index in [4.69, 9.17) is 5.64 Å². The Labute approximate surface area is 71.0 Å². The van der Waals surface area contributed by atoms with Gasteiger partial charge in [0, 0.05) is 0 Å². The molecule has 0 aromatic carbocycles. The maximum absolute atomic E-state index is 5.55. The van der Waals surface area contributed by atoms with Crippen LogP contribution in [-0.2, 0) is 0 Å². The third-order valence-electron chi connectivity index (χ3n) is 2.67. The lowest BCUT2D eigenvalue weighted by molar-refractivity contribution is 0.618. The number of nitrogens with two attached hydrogens (primary N) is 1. The molecule has 0 heterocycles. The molecule has 1 rings (SSSR count). The summed E-state index contributed by atoms with van der Waals surface area (Å²) in [4.78, 5) is 0. The molecule has 1 nitrogen and oxygen atoms in total. The van der Waals surface area contributed by atoms with Crippen LogP contribution in [0.4, 0.5) is 0 Å². The molecule has 0 atom stereocenters. The average molecular weight is 152 g/mol. The second-order valence-electron chi connectivity index (χ2n) is 3.65. The van der Waals surface area contributed by atoms with Crippen molar-refractivity contribution in [1.29, 1.82) is 0 Å². The molecule has 1 aliphatic carbocycles. The van der Waals surface area contributed by atoms with Crippen molar-refractivity contribution in [2.45, 2.75) is 57.2 Å². The zero-order valence-electron chi connectivity index (χ0n) is 7.39. The molecule has 1 aliphatic rings. The van der Waals surface area contributed by atoms with E-state index in [9.17, 15) is 0 Å². The van der Waals surface area contributed by atoms with Crippen molar-refractivity contribution in [2.24, 2.45) is 5.64 Å². The molecule has 2 heteroatoms. The topological polar surface area (TPSA) is 26.0 Å². The molecule has 63 valence electrons. The third-order valence-corrected chi connectivity index (χ3v) is 2.67. The monoisotopic (exact) mass is 152 g/mol. The summed E-state index contributed by atoms with van der Waals surface area (Å²) in [7, 11) is 1.91. The fourth-order valence-electron chi connectivity index (χ4n) is 1.86. The van der Waals surface area contributed by atoms with Crippen molar-refractivity contribution in [3.8, 4) is 0 Å². The first-order chi connectivity index (χ1) is 5.43. The Balaban J connectivity index is 2.19. The fraction of sp³-hybridized carbons (Fsp3) is 1.00. The SMILES string of the molecule is N[B]C1CCCCCCCC1. The van der Waals surface area contributed by atoms with Crippen LogP contribution in [0.25, 0.3) is 0 Å². The van der Waals surface area contributed by atoms with E-state index in [0.29, 0.717) is 5.82 Å². The van der Waals surface area contributed by atoms with Gasteiger partial charge in [0.05, 0.1) is 0 Å². The number of hydrogen-bond acceptors (Lipinski definition) is 1. The van der Waals surface area contributed by atoms with Gasteiger partial charge in [-0.05, 0) is 0 Å². The van der Waals surface area contributed by atoms with Crippen molar-refractivity contribution >= 4 is 7.41 Å². The fourth-order valence-corrected chi connectivity index (χ4v) is 1.86. The first-order valence-electron chi connectivity index (χ1n) is 4.98. The quantitative estimate of drug-likeness (QED) is 0.574. The van der Waals surface area contributed by atoms with Crippen molar-refractivity contribution in [3.63, 3.8) is 0 Å². The normalized spacial score (nSPS) is 23.4. The minimum atomic E-state index is 0.716. The van der Waals surface area contributed by atoms with Gasteiger partial charge in [0.25, 0.3) is 0 Å². The van der Waals surface area contributed by atoms with E-state index >= 15 is 0 Å². The van der Waals surface area contributed by atoms with Gasteiger partial charge in [-0.2, -0.15) is 0 Å². The zero-order valence-corrected chi connectivity index (χ0v) is 7.39. The Morgan fingerprint density at radius 2 is 1.27 bits per heavy atom. The number of rotatable bonds is 1. The smallest absolute Gasteiger partial charge is 0.205 e. The lowest BCUT2D eigenvalue weighted by atomic mass is 9.71. The highest BCUT2D eigenvalue weighted by molar-refractivity contribution is 6.33. The van der Waals surface area contributed by atoms with Crippen molar-refractivity contribution in [1.82, 2.24) is 0 Å². The maximum atomic E-state index is 5.55. The Hall–Kier alpha value is 0.0249. The van der Waals surface area contributed by atoms with Gasteiger partial charge < -0.3 is 5.64 Å². The summed E-state index contributed by atoms with van der Waals surface area (Å²) in [5.41, 5.74) is 5.55. The van der Waals surface area contributed by atoms with Crippen molar-refractivity contribution < 1.29 is 0 Å². The summed E-state index contributed by atoms with van der Waals surface area (Å²) >= 11 is 0. The van der Waals surface area contributed by atoms with Gasteiger partial charge in [-0.1, -0.05) is 57.2 Å². The van der Waals surface area contributed by atoms with E-state index < -0.39 is 0 Å². The van der Waals surface area contributed by atoms with E-state index in [1.165, 1.54) is 51.4 Å². The maximum Gasteiger partial charge on any atom is 0.205 e. The van der Waals surface area contributed by atoms with Crippen LogP contribution < -0.4 is 5.64 Å². The minimum absolute atomic E-state index is 0.716. The molecule has 0 aliphatic heterocycles. The van der Waals surface area contributed by atoms with E-state index in [2.05, 4.69) is 0 Å². The second kappa shape index (κ2) is 5.65. The summed E-state index contributed by atoms with van der Waals surface area (Å²) in [5, 5.41) is 0. The predicted octanol–water partition coefficient (Wildman–Crippen LogP) is 2.49. The predicted molar refractivity (Wildman–Crippen MR) is 50.6 cm³/mol. The van der Waals surface area contributed by atoms with Crippen molar-refractivity contribution in [2.75, 3.05) is 0 Å². The van der Waals surface area contributed by atoms with Gasteiger partial charge in [-0.3, -0.25) is 0 Å². The molecule has 1 saturated carbocycles. The van der Waals surface area contributed by atoms with E-state index in [0.717, 1.165) is 0 Å². The van der Waals surface area contributed by atoms with Crippen LogP contribution in [0, 0.1) is 0 Å². The molecule has 0 unspecified atom stereocenters. The number of hydrogen-bond donors (Lipinski definition) is 1. The summed E-state index contributed by atoms with van der Waals surface area (Å²) in [6, 6.07) is 0. The molecule has 11 heavy (non-hydrogen) atoms. The molecule has 2 N–H and O–H groups in total. The molecule has 0 amide bonds. The van der Waals surface area contributed by atoms with Crippen LogP contribution in [0.5, 0.6) is 0 Å². The average Bonchev–Trinajstić information content (AvgIpc) is 2.16. The highest BCUT2D eigenvalue weighted by atomic mass is 14.4. The first-order valence-corrected chi connectivity index (χ1v) is 4.98. The lowest BCUT2D eigenvalue weighted by Gasteiger charge is -2.10. The standard InChI is InChI=1S/C9H19BN/c11-10-9-7-5-3-1-2-4-6-8-9/h9H,1-8,11H2. The molecule has 0 aromatic rings. The van der Waals surface area contributed by atoms with Crippen LogP contribution in [0.1, 0.15) is 51.4 Å². The molecule has 1 radical (unpaired) electrons. The van der Waals surface area contributed by atoms with Crippen LogP contribution in [-0.4, -0.2) is 7.41 Å². The summed E-state index contributed by atoms with van der Waals surface area (Å²) in [6.45, 7) is 0. The largest absolute Gasteiger partial charge is 0.374 e. The molecule has 1 fully saturated rings. The summed E-state index contributed by atoms with van der Waals surface area (Å²) < 4.78 is 0. The van der Waals surface area contributed by atoms with Gasteiger partial charge in [-0.25, -0.2) is 0 Å². The van der Waals surface area contributed by atoms with Crippen LogP contribution >= 0.6 is 0 Å². The highest BCUT2D eigenvalue weighted by Gasteiger charge is 2.08. The Morgan fingerprint density at radius 1 is 0.818 bits per heavy atom. The first kappa shape index (κ1) is 9.12. The van der Waals surface area contributed by atoms with Gasteiger partial charge in [-0.15, -0.1) is 0 Å². The zero-order chi connectivity index (χ0) is 7.94. The molecule has 0 saturated heterocycles. The van der Waals surface area contributed by atoms with Crippen LogP contribution in [0.15, 0.2) is 0 Å². The third kappa shape index (κ3) is 3.81. The Morgan fingerprint density at radius 3 is 1.73 bits per heavy atom.